The number of para-hydroxylation sites is 2. The van der Waals surface area contributed by atoms with Crippen LogP contribution < -0.4 is 15.0 Å². The van der Waals surface area contributed by atoms with Gasteiger partial charge in [-0.15, -0.1) is 5.11 Å². The normalized spacial score (nSPS) is 11.1. The van der Waals surface area contributed by atoms with Crippen molar-refractivity contribution in [2.75, 3.05) is 13.7 Å². The van der Waals surface area contributed by atoms with Gasteiger partial charge in [0.15, 0.2) is 4.77 Å². The molecule has 0 saturated carbocycles. The Hall–Kier alpha value is -3.95. The minimum Gasteiger partial charge on any atom is -0.495 e. The molecule has 1 N–H and O–H groups in total. The van der Waals surface area contributed by atoms with Gasteiger partial charge in [-0.2, -0.15) is 5.11 Å². The number of halogens is 1. The predicted molar refractivity (Wildman–Crippen MR) is 137 cm³/mol. The summed E-state index contributed by atoms with van der Waals surface area (Å²) in [6.07, 6.45) is 0. The van der Waals surface area contributed by atoms with Gasteiger partial charge >= 0.3 is 0 Å². The maximum atomic E-state index is 13.5. The van der Waals surface area contributed by atoms with E-state index in [0.29, 0.717) is 40.2 Å². The number of nitrogens with zero attached hydrogens (tertiary/aromatic N) is 4. The first-order chi connectivity index (χ1) is 16.9. The van der Waals surface area contributed by atoms with E-state index in [4.69, 9.17) is 33.3 Å². The molecule has 8 nitrogen and oxygen atoms in total. The summed E-state index contributed by atoms with van der Waals surface area (Å²) in [5.74, 6) is 0.620. The van der Waals surface area contributed by atoms with Crippen molar-refractivity contribution in [2.45, 2.75) is 6.92 Å². The molecule has 10 heteroatoms. The Labute approximate surface area is 211 Å². The van der Waals surface area contributed by atoms with Gasteiger partial charge in [-0.05, 0) is 79.8 Å². The zero-order chi connectivity index (χ0) is 24.9. The molecule has 0 radical (unpaired) electrons. The fourth-order valence-corrected chi connectivity index (χ4v) is 3.90. The van der Waals surface area contributed by atoms with Crippen molar-refractivity contribution in [1.29, 1.82) is 0 Å². The van der Waals surface area contributed by atoms with Crippen LogP contribution in [0.3, 0.4) is 0 Å². The lowest BCUT2D eigenvalue weighted by molar-refractivity contribution is 0.340. The second-order valence-corrected chi connectivity index (χ2v) is 8.01. The lowest BCUT2D eigenvalue weighted by Gasteiger charge is -2.17. The quantitative estimate of drug-likeness (QED) is 0.226. The summed E-state index contributed by atoms with van der Waals surface area (Å²) in [4.78, 5) is 13.5. The number of benzene rings is 3. The highest BCUT2D eigenvalue weighted by Gasteiger charge is 2.21. The molecular formula is C25H21ClN4O4S. The number of ether oxygens (including phenoxy) is 2. The van der Waals surface area contributed by atoms with Gasteiger partial charge < -0.3 is 14.6 Å². The van der Waals surface area contributed by atoms with E-state index in [-0.39, 0.29) is 10.5 Å². The number of aromatic hydroxyl groups is 1. The number of hydrogen-bond acceptors (Lipinski definition) is 7. The van der Waals surface area contributed by atoms with Crippen molar-refractivity contribution >= 4 is 35.2 Å². The van der Waals surface area contributed by atoms with E-state index in [1.807, 2.05) is 6.92 Å². The van der Waals surface area contributed by atoms with Crippen LogP contribution in [0, 0.1) is 4.77 Å². The average molecular weight is 509 g/mol. The second-order valence-electron chi connectivity index (χ2n) is 7.21. The van der Waals surface area contributed by atoms with Crippen molar-refractivity contribution in [3.8, 4) is 28.8 Å². The summed E-state index contributed by atoms with van der Waals surface area (Å²) in [6.45, 7) is 2.39. The molecule has 3 aromatic carbocycles. The molecular weight excluding hydrogens is 488 g/mol. The summed E-state index contributed by atoms with van der Waals surface area (Å²) in [6, 6.07) is 20.4. The van der Waals surface area contributed by atoms with Gasteiger partial charge in [0.2, 0.25) is 11.6 Å². The van der Waals surface area contributed by atoms with Crippen LogP contribution >= 0.6 is 23.8 Å². The van der Waals surface area contributed by atoms with E-state index in [1.54, 1.807) is 72.8 Å². The van der Waals surface area contributed by atoms with E-state index in [9.17, 15) is 9.90 Å². The highest BCUT2D eigenvalue weighted by atomic mass is 35.5. The van der Waals surface area contributed by atoms with Gasteiger partial charge in [0.1, 0.15) is 11.5 Å². The molecule has 1 heterocycles. The Morgan fingerprint density at radius 1 is 0.971 bits per heavy atom. The number of azo groups is 1. The Bertz CT molecular complexity index is 1500. The zero-order valence-corrected chi connectivity index (χ0v) is 20.5. The summed E-state index contributed by atoms with van der Waals surface area (Å²) < 4.78 is 13.6. The molecule has 178 valence electrons. The maximum Gasteiger partial charge on any atom is 0.290 e. The van der Waals surface area contributed by atoms with E-state index < -0.39 is 11.4 Å². The molecule has 0 aliphatic carbocycles. The Morgan fingerprint density at radius 2 is 1.66 bits per heavy atom. The summed E-state index contributed by atoms with van der Waals surface area (Å²) in [5, 5.41) is 19.9. The van der Waals surface area contributed by atoms with Crippen molar-refractivity contribution in [3.05, 3.63) is 92.9 Å². The van der Waals surface area contributed by atoms with E-state index in [0.717, 1.165) is 0 Å². The van der Waals surface area contributed by atoms with Crippen LogP contribution in [-0.2, 0) is 0 Å². The average Bonchev–Trinajstić information content (AvgIpc) is 2.86. The molecule has 0 unspecified atom stereocenters. The number of aromatic nitrogens is 2. The third-order valence-corrected chi connectivity index (χ3v) is 5.65. The topological polar surface area (TPSA) is 90.3 Å². The highest BCUT2D eigenvalue weighted by Crippen LogP contribution is 2.33. The highest BCUT2D eigenvalue weighted by molar-refractivity contribution is 7.71. The molecule has 0 aliphatic heterocycles. The van der Waals surface area contributed by atoms with Gasteiger partial charge in [-0.1, -0.05) is 23.7 Å². The smallest absolute Gasteiger partial charge is 0.290 e. The molecule has 0 bridgehead atoms. The molecule has 4 rings (SSSR count). The Morgan fingerprint density at radius 3 is 2.31 bits per heavy atom. The zero-order valence-electron chi connectivity index (χ0n) is 18.9. The summed E-state index contributed by atoms with van der Waals surface area (Å²) >= 11 is 11.6. The molecule has 0 spiro atoms. The fraction of sp³-hybridized carbons (Fsp3) is 0.120. The van der Waals surface area contributed by atoms with E-state index >= 15 is 0 Å². The number of rotatable bonds is 7. The first-order valence-electron chi connectivity index (χ1n) is 10.6. The predicted octanol–water partition coefficient (Wildman–Crippen LogP) is 6.54. The van der Waals surface area contributed by atoms with Crippen LogP contribution in [0.2, 0.25) is 5.02 Å². The van der Waals surface area contributed by atoms with Gasteiger partial charge in [0.05, 0.1) is 30.8 Å². The fourth-order valence-electron chi connectivity index (χ4n) is 3.41. The number of methoxy groups -OCH3 is 1. The molecule has 0 aliphatic rings. The van der Waals surface area contributed by atoms with Gasteiger partial charge in [-0.25, -0.2) is 0 Å². The van der Waals surface area contributed by atoms with Crippen LogP contribution in [0.15, 0.2) is 87.8 Å². The van der Waals surface area contributed by atoms with Crippen LogP contribution in [0.1, 0.15) is 6.92 Å². The molecule has 0 fully saturated rings. The SMILES string of the molecule is CCOc1ccc(-n2c(=O)c(N=Nc3ccc(Cl)cc3)c(O)n(-c3ccccc3OC)c2=S)cc1. The van der Waals surface area contributed by atoms with Crippen molar-refractivity contribution < 1.29 is 14.6 Å². The largest absolute Gasteiger partial charge is 0.495 e. The van der Waals surface area contributed by atoms with Crippen molar-refractivity contribution in [2.24, 2.45) is 10.2 Å². The third-order valence-electron chi connectivity index (χ3n) is 5.04. The van der Waals surface area contributed by atoms with Gasteiger partial charge in [0.25, 0.3) is 5.56 Å². The molecule has 0 atom stereocenters. The molecule has 4 aromatic rings. The van der Waals surface area contributed by atoms with Gasteiger partial charge in [-0.3, -0.25) is 13.9 Å². The monoisotopic (exact) mass is 508 g/mol. The lowest BCUT2D eigenvalue weighted by Crippen LogP contribution is -2.23. The van der Waals surface area contributed by atoms with Crippen molar-refractivity contribution in [3.63, 3.8) is 0 Å². The second kappa shape index (κ2) is 10.5. The van der Waals surface area contributed by atoms with Gasteiger partial charge in [0, 0.05) is 5.02 Å². The van der Waals surface area contributed by atoms with Crippen LogP contribution in [0.4, 0.5) is 11.4 Å². The first-order valence-corrected chi connectivity index (χ1v) is 11.4. The molecule has 0 saturated heterocycles. The van der Waals surface area contributed by atoms with Crippen LogP contribution in [-0.4, -0.2) is 28.0 Å². The summed E-state index contributed by atoms with van der Waals surface area (Å²) in [7, 11) is 1.50. The first kappa shape index (κ1) is 24.2. The van der Waals surface area contributed by atoms with Crippen molar-refractivity contribution in [1.82, 2.24) is 9.13 Å². The Kier molecular flexibility index (Phi) is 7.28. The molecule has 1 aromatic heterocycles. The molecule has 35 heavy (non-hydrogen) atoms. The third kappa shape index (κ3) is 4.96. The summed E-state index contributed by atoms with van der Waals surface area (Å²) in [5.41, 5.74) is 0.413. The van der Waals surface area contributed by atoms with E-state index in [1.165, 1.54) is 16.2 Å². The minimum absolute atomic E-state index is 0.0200. The van der Waals surface area contributed by atoms with Crippen LogP contribution in [0.25, 0.3) is 11.4 Å². The molecule has 0 amide bonds. The van der Waals surface area contributed by atoms with E-state index in [2.05, 4.69) is 10.2 Å². The number of hydrogen-bond donors (Lipinski definition) is 1. The lowest BCUT2D eigenvalue weighted by atomic mass is 10.2. The maximum absolute atomic E-state index is 13.5. The minimum atomic E-state index is -0.638. The standard InChI is InChI=1S/C25H21ClN4O4S/c1-3-34-19-14-12-18(13-15-19)29-23(31)22(28-27-17-10-8-16(26)9-11-17)24(32)30(25(29)35)20-6-4-5-7-21(20)33-2/h4-15,32H,3H2,1-2H3. The Balaban J connectivity index is 1.98. The van der Waals surface area contributed by atoms with Crippen LogP contribution in [0.5, 0.6) is 17.4 Å².